The Morgan fingerprint density at radius 2 is 1.44 bits per heavy atom. The van der Waals surface area contributed by atoms with E-state index in [2.05, 4.69) is 0 Å². The molecule has 3 aromatic carbocycles. The van der Waals surface area contributed by atoms with Gasteiger partial charge in [-0.2, -0.15) is 21.6 Å². The summed E-state index contributed by atoms with van der Waals surface area (Å²) in [5.74, 6) is 0. The van der Waals surface area contributed by atoms with Crippen LogP contribution in [0.2, 0.25) is 0 Å². The third-order valence-electron chi connectivity index (χ3n) is 4.27. The zero-order chi connectivity index (χ0) is 19.8. The zero-order valence-electron chi connectivity index (χ0n) is 14.6. The van der Waals surface area contributed by atoms with Crippen molar-refractivity contribution in [3.05, 3.63) is 77.4 Å². The van der Waals surface area contributed by atoms with Gasteiger partial charge in [0.1, 0.15) is 4.90 Å². The van der Waals surface area contributed by atoms with Gasteiger partial charge in [0.05, 0.1) is 0 Å². The van der Waals surface area contributed by atoms with Crippen molar-refractivity contribution in [3.8, 4) is 0 Å². The number of alkyl halides is 3. The van der Waals surface area contributed by atoms with Gasteiger partial charge < -0.3 is 0 Å². The van der Waals surface area contributed by atoms with E-state index < -0.39 is 22.4 Å². The number of aryl methyl sites for hydroxylation is 2. The van der Waals surface area contributed by atoms with Crippen LogP contribution in [0.1, 0.15) is 22.8 Å². The van der Waals surface area contributed by atoms with Crippen LogP contribution in [0, 0.1) is 13.8 Å². The molecule has 0 aromatic heterocycles. The highest BCUT2D eigenvalue weighted by atomic mass is 32.2. The molecule has 0 fully saturated rings. The molecule has 1 unspecified atom stereocenters. The summed E-state index contributed by atoms with van der Waals surface area (Å²) >= 11 is 0. The normalized spacial score (nSPS) is 13.7. The van der Waals surface area contributed by atoms with Gasteiger partial charge in [0.25, 0.3) is 10.1 Å². The van der Waals surface area contributed by atoms with Gasteiger partial charge in [-0.25, -0.2) is 4.18 Å². The largest absolute Gasteiger partial charge is 0.420 e. The highest BCUT2D eigenvalue weighted by Crippen LogP contribution is 2.39. The summed E-state index contributed by atoms with van der Waals surface area (Å²) in [4.78, 5) is -0.287. The summed E-state index contributed by atoms with van der Waals surface area (Å²) in [7, 11) is -4.66. The summed E-state index contributed by atoms with van der Waals surface area (Å²) in [5.41, 5.74) is 1.30. The topological polar surface area (TPSA) is 43.4 Å². The quantitative estimate of drug-likeness (QED) is 0.552. The molecule has 0 aliphatic rings. The van der Waals surface area contributed by atoms with Crippen molar-refractivity contribution < 1.29 is 25.8 Å². The smallest absolute Gasteiger partial charge is 0.248 e. The van der Waals surface area contributed by atoms with Gasteiger partial charge >= 0.3 is 6.18 Å². The van der Waals surface area contributed by atoms with Gasteiger partial charge in [-0.3, -0.25) is 0 Å². The van der Waals surface area contributed by atoms with Gasteiger partial charge in [-0.05, 0) is 36.4 Å². The van der Waals surface area contributed by atoms with Gasteiger partial charge in [-0.15, -0.1) is 0 Å². The van der Waals surface area contributed by atoms with Crippen LogP contribution < -0.4 is 0 Å². The number of benzene rings is 3. The summed E-state index contributed by atoms with van der Waals surface area (Å²) < 4.78 is 70.8. The second-order valence-electron chi connectivity index (χ2n) is 6.31. The second-order valence-corrected chi connectivity index (χ2v) is 7.85. The molecule has 0 amide bonds. The third-order valence-corrected chi connectivity index (χ3v) is 5.61. The lowest BCUT2D eigenvalue weighted by Gasteiger charge is -2.21. The van der Waals surface area contributed by atoms with Crippen LogP contribution in [-0.4, -0.2) is 14.6 Å². The number of halogens is 3. The fourth-order valence-corrected chi connectivity index (χ4v) is 4.14. The van der Waals surface area contributed by atoms with Gasteiger partial charge in [0, 0.05) is 5.39 Å². The highest BCUT2D eigenvalue weighted by Gasteiger charge is 2.45. The van der Waals surface area contributed by atoms with E-state index in [4.69, 9.17) is 4.18 Å². The molecule has 0 spiro atoms. The van der Waals surface area contributed by atoms with E-state index in [0.29, 0.717) is 10.8 Å². The van der Waals surface area contributed by atoms with E-state index in [1.54, 1.807) is 38.1 Å². The fraction of sp³-hybridized carbons (Fsp3) is 0.200. The standard InChI is InChI=1S/C20H17F3O3S/c1-13-9-11-15(12-10-13)19(20(21,22)23)26-27(24,25)18-8-4-6-16-14(2)5-3-7-17(16)18/h3-12,19H,1-2H3. The van der Waals surface area contributed by atoms with Crippen LogP contribution in [-0.2, 0) is 14.3 Å². The molecule has 3 rings (SSSR count). The first-order valence-electron chi connectivity index (χ1n) is 8.14. The summed E-state index contributed by atoms with van der Waals surface area (Å²) in [6.45, 7) is 3.52. The molecule has 0 aliphatic heterocycles. The predicted molar refractivity (Wildman–Crippen MR) is 96.9 cm³/mol. The maximum absolute atomic E-state index is 13.5. The Balaban J connectivity index is 2.09. The average Bonchev–Trinajstić information content (AvgIpc) is 2.60. The molecule has 0 radical (unpaired) electrons. The van der Waals surface area contributed by atoms with Crippen molar-refractivity contribution in [1.29, 1.82) is 0 Å². The van der Waals surface area contributed by atoms with E-state index in [1.807, 2.05) is 0 Å². The van der Waals surface area contributed by atoms with E-state index in [0.717, 1.165) is 11.1 Å². The van der Waals surface area contributed by atoms with Crippen LogP contribution in [0.25, 0.3) is 10.8 Å². The first kappa shape index (κ1) is 19.4. The first-order valence-corrected chi connectivity index (χ1v) is 9.55. The third kappa shape index (κ3) is 3.99. The van der Waals surface area contributed by atoms with Crippen molar-refractivity contribution in [1.82, 2.24) is 0 Å². The molecule has 0 aliphatic carbocycles. The minimum Gasteiger partial charge on any atom is -0.248 e. The van der Waals surface area contributed by atoms with Crippen molar-refractivity contribution in [3.63, 3.8) is 0 Å². The molecule has 0 saturated heterocycles. The fourth-order valence-electron chi connectivity index (χ4n) is 2.88. The molecular formula is C20H17F3O3S. The molecule has 142 valence electrons. The molecule has 0 heterocycles. The Kier molecular flexibility index (Phi) is 5.01. The van der Waals surface area contributed by atoms with Crippen LogP contribution in [0.3, 0.4) is 0 Å². The van der Waals surface area contributed by atoms with Crippen LogP contribution in [0.5, 0.6) is 0 Å². The monoisotopic (exact) mass is 394 g/mol. The summed E-state index contributed by atoms with van der Waals surface area (Å²) in [6, 6.07) is 14.8. The zero-order valence-corrected chi connectivity index (χ0v) is 15.4. The van der Waals surface area contributed by atoms with Crippen molar-refractivity contribution in [2.45, 2.75) is 31.0 Å². The molecule has 3 nitrogen and oxygen atoms in total. The second kappa shape index (κ2) is 6.98. The number of hydrogen-bond donors (Lipinski definition) is 0. The molecule has 7 heteroatoms. The molecule has 0 saturated carbocycles. The SMILES string of the molecule is Cc1ccc(C(OS(=O)(=O)c2cccc3c(C)cccc23)C(F)(F)F)cc1. The van der Waals surface area contributed by atoms with E-state index in [1.165, 1.54) is 36.4 Å². The Hall–Kier alpha value is -2.38. The summed E-state index contributed by atoms with van der Waals surface area (Å²) in [6.07, 6.45) is -7.47. The lowest BCUT2D eigenvalue weighted by atomic mass is 10.1. The van der Waals surface area contributed by atoms with E-state index >= 15 is 0 Å². The average molecular weight is 394 g/mol. The van der Waals surface area contributed by atoms with Crippen LogP contribution >= 0.6 is 0 Å². The lowest BCUT2D eigenvalue weighted by Crippen LogP contribution is -2.26. The highest BCUT2D eigenvalue weighted by molar-refractivity contribution is 7.87. The summed E-state index contributed by atoms with van der Waals surface area (Å²) in [5, 5.41) is 0.961. The van der Waals surface area contributed by atoms with Crippen molar-refractivity contribution >= 4 is 20.9 Å². The minimum absolute atomic E-state index is 0.270. The Bertz CT molecular complexity index is 1070. The number of hydrogen-bond acceptors (Lipinski definition) is 3. The lowest BCUT2D eigenvalue weighted by molar-refractivity contribution is -0.196. The Morgan fingerprint density at radius 3 is 2.07 bits per heavy atom. The molecule has 0 N–H and O–H groups in total. The van der Waals surface area contributed by atoms with Crippen molar-refractivity contribution in [2.75, 3.05) is 0 Å². The molecule has 0 bridgehead atoms. The maximum Gasteiger partial charge on any atom is 0.420 e. The number of fused-ring (bicyclic) bond motifs is 1. The number of rotatable bonds is 4. The predicted octanol–water partition coefficient (Wildman–Crippen LogP) is 5.47. The molecule has 1 atom stereocenters. The minimum atomic E-state index is -4.89. The molecule has 3 aromatic rings. The van der Waals surface area contributed by atoms with E-state index in [9.17, 15) is 21.6 Å². The van der Waals surface area contributed by atoms with E-state index in [-0.39, 0.29) is 10.5 Å². The molecular weight excluding hydrogens is 377 g/mol. The van der Waals surface area contributed by atoms with Gasteiger partial charge in [0.15, 0.2) is 6.10 Å². The molecule has 27 heavy (non-hydrogen) atoms. The van der Waals surface area contributed by atoms with Gasteiger partial charge in [0.2, 0.25) is 0 Å². The maximum atomic E-state index is 13.5. The Morgan fingerprint density at radius 1 is 0.852 bits per heavy atom. The van der Waals surface area contributed by atoms with Crippen LogP contribution in [0.4, 0.5) is 13.2 Å². The van der Waals surface area contributed by atoms with Crippen LogP contribution in [0.15, 0.2) is 65.6 Å². The first-order chi connectivity index (χ1) is 12.6. The van der Waals surface area contributed by atoms with Gasteiger partial charge in [-0.1, -0.05) is 60.2 Å². The Labute approximate surface area is 155 Å². The van der Waals surface area contributed by atoms with Crippen molar-refractivity contribution in [2.24, 2.45) is 0 Å².